The van der Waals surface area contributed by atoms with Gasteiger partial charge in [0.2, 0.25) is 0 Å². The lowest BCUT2D eigenvalue weighted by molar-refractivity contribution is -0.142. The number of likely N-dealkylation sites (tertiary alicyclic amines) is 1. The van der Waals surface area contributed by atoms with E-state index >= 15 is 0 Å². The first-order chi connectivity index (χ1) is 7.76. The summed E-state index contributed by atoms with van der Waals surface area (Å²) in [5, 5.41) is 0. The largest absolute Gasteiger partial charge is 0.468 e. The van der Waals surface area contributed by atoms with Crippen molar-refractivity contribution < 1.29 is 14.3 Å². The summed E-state index contributed by atoms with van der Waals surface area (Å²) in [6.07, 6.45) is 3.23. The predicted octanol–water partition coefficient (Wildman–Crippen LogP) is -0.0108. The van der Waals surface area contributed by atoms with Gasteiger partial charge in [0, 0.05) is 19.7 Å². The maximum absolute atomic E-state index is 11.1. The topological polar surface area (TPSA) is 64.8 Å². The molecule has 16 heavy (non-hydrogen) atoms. The first kappa shape index (κ1) is 13.4. The Bertz CT molecular complexity index is 203. The number of hydrogen-bond donors (Lipinski definition) is 1. The van der Waals surface area contributed by atoms with Gasteiger partial charge < -0.3 is 15.2 Å². The van der Waals surface area contributed by atoms with Crippen molar-refractivity contribution in [2.75, 3.05) is 39.9 Å². The van der Waals surface area contributed by atoms with Crippen LogP contribution in [0.15, 0.2) is 0 Å². The van der Waals surface area contributed by atoms with Crippen LogP contribution in [0.2, 0.25) is 0 Å². The fourth-order valence-electron chi connectivity index (χ4n) is 1.81. The van der Waals surface area contributed by atoms with Crippen molar-refractivity contribution in [2.45, 2.75) is 25.4 Å². The molecule has 0 amide bonds. The van der Waals surface area contributed by atoms with Crippen LogP contribution in [0.3, 0.4) is 0 Å². The molecule has 5 heteroatoms. The Morgan fingerprint density at radius 2 is 2.12 bits per heavy atom. The molecule has 0 aromatic heterocycles. The summed E-state index contributed by atoms with van der Waals surface area (Å²) < 4.78 is 10.3. The number of ether oxygens (including phenoxy) is 2. The van der Waals surface area contributed by atoms with Gasteiger partial charge >= 0.3 is 5.97 Å². The Hall–Kier alpha value is -0.650. The second-order valence-corrected chi connectivity index (χ2v) is 4.06. The standard InChI is InChI=1S/C11H22N2O3/c1-15-11(14)9-13-6-3-10(4-7-13)16-8-2-5-12/h10H,2-9,12H2,1H3. The molecule has 5 nitrogen and oxygen atoms in total. The van der Waals surface area contributed by atoms with Crippen molar-refractivity contribution in [1.82, 2.24) is 4.90 Å². The van der Waals surface area contributed by atoms with Gasteiger partial charge in [-0.3, -0.25) is 9.69 Å². The van der Waals surface area contributed by atoms with Crippen LogP contribution < -0.4 is 5.73 Å². The molecule has 0 atom stereocenters. The molecule has 2 N–H and O–H groups in total. The van der Waals surface area contributed by atoms with E-state index in [1.165, 1.54) is 7.11 Å². The van der Waals surface area contributed by atoms with Gasteiger partial charge in [-0.05, 0) is 25.8 Å². The summed E-state index contributed by atoms with van der Waals surface area (Å²) >= 11 is 0. The zero-order valence-electron chi connectivity index (χ0n) is 9.98. The van der Waals surface area contributed by atoms with Gasteiger partial charge in [-0.2, -0.15) is 0 Å². The summed E-state index contributed by atoms with van der Waals surface area (Å²) in [4.78, 5) is 13.2. The summed E-state index contributed by atoms with van der Waals surface area (Å²) in [6, 6.07) is 0. The minimum absolute atomic E-state index is 0.164. The molecule has 1 aliphatic heterocycles. The van der Waals surface area contributed by atoms with Gasteiger partial charge in [0.25, 0.3) is 0 Å². The molecule has 0 unspecified atom stereocenters. The van der Waals surface area contributed by atoms with Crippen molar-refractivity contribution in [2.24, 2.45) is 5.73 Å². The van der Waals surface area contributed by atoms with Crippen LogP contribution in [0.5, 0.6) is 0 Å². The molecule has 0 aliphatic carbocycles. The molecule has 0 saturated carbocycles. The smallest absolute Gasteiger partial charge is 0.319 e. The van der Waals surface area contributed by atoms with Crippen LogP contribution in [0.25, 0.3) is 0 Å². The van der Waals surface area contributed by atoms with Crippen molar-refractivity contribution in [3.05, 3.63) is 0 Å². The minimum Gasteiger partial charge on any atom is -0.468 e. The summed E-state index contributed by atoms with van der Waals surface area (Å²) in [7, 11) is 1.42. The third kappa shape index (κ3) is 4.92. The third-order valence-corrected chi connectivity index (χ3v) is 2.82. The number of methoxy groups -OCH3 is 1. The Morgan fingerprint density at radius 3 is 2.69 bits per heavy atom. The number of carbonyl (C=O) groups excluding carboxylic acids is 1. The monoisotopic (exact) mass is 230 g/mol. The molecule has 94 valence electrons. The third-order valence-electron chi connectivity index (χ3n) is 2.82. The average molecular weight is 230 g/mol. The van der Waals surface area contributed by atoms with Crippen molar-refractivity contribution >= 4 is 5.97 Å². The van der Waals surface area contributed by atoms with Gasteiger partial charge in [-0.1, -0.05) is 0 Å². The summed E-state index contributed by atoms with van der Waals surface area (Å²) in [6.45, 7) is 3.64. The highest BCUT2D eigenvalue weighted by Gasteiger charge is 2.21. The highest BCUT2D eigenvalue weighted by Crippen LogP contribution is 2.13. The minimum atomic E-state index is -0.164. The van der Waals surface area contributed by atoms with E-state index in [0.717, 1.165) is 39.0 Å². The number of hydrogen-bond acceptors (Lipinski definition) is 5. The molecule has 0 aromatic rings. The van der Waals surface area contributed by atoms with E-state index in [1.807, 2.05) is 0 Å². The fourth-order valence-corrected chi connectivity index (χ4v) is 1.81. The van der Waals surface area contributed by atoms with E-state index < -0.39 is 0 Å². The van der Waals surface area contributed by atoms with Crippen LogP contribution in [0.1, 0.15) is 19.3 Å². The van der Waals surface area contributed by atoms with Crippen LogP contribution in [0, 0.1) is 0 Å². The fraction of sp³-hybridized carbons (Fsp3) is 0.909. The average Bonchev–Trinajstić information content (AvgIpc) is 2.31. The molecule has 0 spiro atoms. The molecular formula is C11H22N2O3. The molecular weight excluding hydrogens is 208 g/mol. The zero-order chi connectivity index (χ0) is 11.8. The highest BCUT2D eigenvalue weighted by atomic mass is 16.5. The number of esters is 1. The maximum atomic E-state index is 11.1. The SMILES string of the molecule is COC(=O)CN1CCC(OCCCN)CC1. The zero-order valence-corrected chi connectivity index (χ0v) is 9.98. The Kier molecular flexibility index (Phi) is 6.37. The summed E-state index contributed by atoms with van der Waals surface area (Å²) in [5.74, 6) is -0.164. The van der Waals surface area contributed by atoms with E-state index in [2.05, 4.69) is 9.64 Å². The summed E-state index contributed by atoms with van der Waals surface area (Å²) in [5.41, 5.74) is 5.40. The molecule has 1 rings (SSSR count). The van der Waals surface area contributed by atoms with Gasteiger partial charge in [-0.25, -0.2) is 0 Å². The van der Waals surface area contributed by atoms with Gasteiger partial charge in [-0.15, -0.1) is 0 Å². The van der Waals surface area contributed by atoms with Crippen molar-refractivity contribution in [3.63, 3.8) is 0 Å². The van der Waals surface area contributed by atoms with E-state index in [-0.39, 0.29) is 5.97 Å². The number of carbonyl (C=O) groups is 1. The lowest BCUT2D eigenvalue weighted by Gasteiger charge is -2.30. The van der Waals surface area contributed by atoms with Crippen LogP contribution in [0.4, 0.5) is 0 Å². The van der Waals surface area contributed by atoms with Gasteiger partial charge in [0.05, 0.1) is 19.8 Å². The number of nitrogens with zero attached hydrogens (tertiary/aromatic N) is 1. The Labute approximate surface area is 96.9 Å². The lowest BCUT2D eigenvalue weighted by Crippen LogP contribution is -2.40. The van der Waals surface area contributed by atoms with E-state index in [4.69, 9.17) is 10.5 Å². The van der Waals surface area contributed by atoms with Gasteiger partial charge in [0.1, 0.15) is 0 Å². The molecule has 1 saturated heterocycles. The van der Waals surface area contributed by atoms with Crippen molar-refractivity contribution in [3.8, 4) is 0 Å². The Balaban J connectivity index is 2.11. The first-order valence-electron chi connectivity index (χ1n) is 5.87. The Morgan fingerprint density at radius 1 is 1.44 bits per heavy atom. The molecule has 1 fully saturated rings. The second-order valence-electron chi connectivity index (χ2n) is 4.06. The van der Waals surface area contributed by atoms with Gasteiger partial charge in [0.15, 0.2) is 0 Å². The molecule has 1 aliphatic rings. The second kappa shape index (κ2) is 7.60. The van der Waals surface area contributed by atoms with E-state index in [1.54, 1.807) is 0 Å². The van der Waals surface area contributed by atoms with Crippen molar-refractivity contribution in [1.29, 1.82) is 0 Å². The molecule has 0 radical (unpaired) electrons. The molecule has 1 heterocycles. The lowest BCUT2D eigenvalue weighted by atomic mass is 10.1. The molecule has 0 bridgehead atoms. The van der Waals surface area contributed by atoms with Crippen LogP contribution in [-0.2, 0) is 14.3 Å². The predicted molar refractivity (Wildman–Crippen MR) is 61.1 cm³/mol. The normalized spacial score (nSPS) is 18.6. The van der Waals surface area contributed by atoms with Crippen LogP contribution in [-0.4, -0.2) is 56.9 Å². The molecule has 0 aromatic carbocycles. The first-order valence-corrected chi connectivity index (χ1v) is 5.87. The number of piperidine rings is 1. The van der Waals surface area contributed by atoms with E-state index in [0.29, 0.717) is 19.2 Å². The number of nitrogens with two attached hydrogens (primary N) is 1. The number of rotatable bonds is 6. The van der Waals surface area contributed by atoms with Crippen LogP contribution >= 0.6 is 0 Å². The highest BCUT2D eigenvalue weighted by molar-refractivity contribution is 5.71. The quantitative estimate of drug-likeness (QED) is 0.513. The van der Waals surface area contributed by atoms with E-state index in [9.17, 15) is 4.79 Å². The maximum Gasteiger partial charge on any atom is 0.319 e.